The molecule has 0 unspecified atom stereocenters. The number of guanidine groups is 1. The van der Waals surface area contributed by atoms with Crippen molar-refractivity contribution in [1.29, 1.82) is 0 Å². The molecule has 0 bridgehead atoms. The van der Waals surface area contributed by atoms with Gasteiger partial charge in [-0.2, -0.15) is 0 Å². The van der Waals surface area contributed by atoms with Gasteiger partial charge in [0.25, 0.3) is 0 Å². The van der Waals surface area contributed by atoms with Crippen molar-refractivity contribution >= 4 is 5.96 Å². The first-order valence-corrected chi connectivity index (χ1v) is 9.91. The summed E-state index contributed by atoms with van der Waals surface area (Å²) in [5.74, 6) is 1.62. The Hall–Kier alpha value is -3.34. The number of ether oxygens (including phenoxy) is 1. The highest BCUT2D eigenvalue weighted by molar-refractivity contribution is 5.79. The van der Waals surface area contributed by atoms with Crippen LogP contribution in [0.2, 0.25) is 0 Å². The third kappa shape index (κ3) is 6.35. The van der Waals surface area contributed by atoms with Crippen molar-refractivity contribution < 1.29 is 4.74 Å². The van der Waals surface area contributed by atoms with Crippen molar-refractivity contribution in [3.05, 3.63) is 95.3 Å². The minimum Gasteiger partial charge on any atom is -0.487 e. The fourth-order valence-electron chi connectivity index (χ4n) is 3.00. The van der Waals surface area contributed by atoms with Crippen LogP contribution in [0.25, 0.3) is 0 Å². The summed E-state index contributed by atoms with van der Waals surface area (Å²) >= 11 is 0. The summed E-state index contributed by atoms with van der Waals surface area (Å²) in [6, 6.07) is 22.4. The van der Waals surface area contributed by atoms with E-state index in [0.717, 1.165) is 35.9 Å². The maximum absolute atomic E-state index is 5.78. The summed E-state index contributed by atoms with van der Waals surface area (Å²) in [6.07, 6.45) is 2.80. The van der Waals surface area contributed by atoms with Gasteiger partial charge in [-0.1, -0.05) is 49.4 Å². The Balaban J connectivity index is 1.46. The maximum Gasteiger partial charge on any atom is 0.191 e. The van der Waals surface area contributed by atoms with Crippen LogP contribution in [0, 0.1) is 0 Å². The molecule has 0 radical (unpaired) electrons. The third-order valence-electron chi connectivity index (χ3n) is 4.67. The molecule has 0 fully saturated rings. The molecule has 0 spiro atoms. The lowest BCUT2D eigenvalue weighted by Crippen LogP contribution is -2.36. The Morgan fingerprint density at radius 2 is 1.62 bits per heavy atom. The molecule has 150 valence electrons. The minimum absolute atomic E-state index is 0.466. The van der Waals surface area contributed by atoms with Gasteiger partial charge in [-0.15, -0.1) is 0 Å². The lowest BCUT2D eigenvalue weighted by molar-refractivity contribution is 0.301. The SMILES string of the molecule is CCc1ccccc1CNC(=NC)NCc1ccc(OCc2ccccn2)cc1. The quantitative estimate of drug-likeness (QED) is 0.451. The molecule has 5 nitrogen and oxygen atoms in total. The van der Waals surface area contributed by atoms with E-state index in [-0.39, 0.29) is 0 Å². The Morgan fingerprint density at radius 3 is 2.31 bits per heavy atom. The highest BCUT2D eigenvalue weighted by Gasteiger charge is 2.03. The van der Waals surface area contributed by atoms with Crippen molar-refractivity contribution in [2.24, 2.45) is 4.99 Å². The maximum atomic E-state index is 5.78. The van der Waals surface area contributed by atoms with Crippen LogP contribution in [-0.2, 0) is 26.1 Å². The number of hydrogen-bond acceptors (Lipinski definition) is 3. The fraction of sp³-hybridized carbons (Fsp3) is 0.250. The van der Waals surface area contributed by atoms with E-state index in [1.54, 1.807) is 13.2 Å². The summed E-state index contributed by atoms with van der Waals surface area (Å²) < 4.78 is 5.78. The van der Waals surface area contributed by atoms with Crippen LogP contribution < -0.4 is 15.4 Å². The molecule has 0 amide bonds. The Labute approximate surface area is 172 Å². The Kier molecular flexibility index (Phi) is 7.63. The predicted octanol–water partition coefficient (Wildman–Crippen LogP) is 4.09. The molecule has 2 aromatic carbocycles. The number of nitrogens with one attached hydrogen (secondary N) is 2. The molecule has 0 saturated heterocycles. The number of benzene rings is 2. The van der Waals surface area contributed by atoms with Gasteiger partial charge >= 0.3 is 0 Å². The number of hydrogen-bond donors (Lipinski definition) is 2. The van der Waals surface area contributed by atoms with Gasteiger partial charge in [0, 0.05) is 26.3 Å². The molecule has 0 aliphatic heterocycles. The minimum atomic E-state index is 0.466. The summed E-state index contributed by atoms with van der Waals surface area (Å²) in [7, 11) is 1.79. The second-order valence-corrected chi connectivity index (χ2v) is 6.66. The van der Waals surface area contributed by atoms with E-state index in [9.17, 15) is 0 Å². The second kappa shape index (κ2) is 10.9. The van der Waals surface area contributed by atoms with Crippen LogP contribution in [0.1, 0.15) is 29.3 Å². The molecule has 2 N–H and O–H groups in total. The van der Waals surface area contributed by atoms with Gasteiger partial charge in [0.15, 0.2) is 5.96 Å². The van der Waals surface area contributed by atoms with Crippen molar-refractivity contribution in [2.45, 2.75) is 33.0 Å². The topological polar surface area (TPSA) is 58.5 Å². The van der Waals surface area contributed by atoms with Crippen LogP contribution in [0.3, 0.4) is 0 Å². The van der Waals surface area contributed by atoms with Gasteiger partial charge in [-0.05, 0) is 47.4 Å². The van der Waals surface area contributed by atoms with E-state index < -0.39 is 0 Å². The molecule has 0 saturated carbocycles. The lowest BCUT2D eigenvalue weighted by Gasteiger charge is -2.14. The molecule has 0 aliphatic rings. The van der Waals surface area contributed by atoms with E-state index in [2.05, 4.69) is 63.9 Å². The first kappa shape index (κ1) is 20.4. The van der Waals surface area contributed by atoms with E-state index in [1.807, 2.05) is 30.3 Å². The molecular weight excluding hydrogens is 360 g/mol. The van der Waals surface area contributed by atoms with Crippen LogP contribution in [0.4, 0.5) is 0 Å². The number of pyridine rings is 1. The van der Waals surface area contributed by atoms with Crippen molar-refractivity contribution in [2.75, 3.05) is 7.05 Å². The zero-order valence-corrected chi connectivity index (χ0v) is 17.1. The molecule has 1 aromatic heterocycles. The molecule has 0 atom stereocenters. The average Bonchev–Trinajstić information content (AvgIpc) is 2.79. The largest absolute Gasteiger partial charge is 0.487 e. The number of nitrogens with zero attached hydrogens (tertiary/aromatic N) is 2. The van der Waals surface area contributed by atoms with E-state index >= 15 is 0 Å². The second-order valence-electron chi connectivity index (χ2n) is 6.66. The summed E-state index contributed by atoms with van der Waals surface area (Å²) in [6.45, 7) is 4.09. The molecular formula is C24H28N4O. The zero-order chi connectivity index (χ0) is 20.3. The van der Waals surface area contributed by atoms with Crippen LogP contribution in [-0.4, -0.2) is 18.0 Å². The summed E-state index contributed by atoms with van der Waals surface area (Å²) in [5.41, 5.74) is 4.73. The number of aromatic nitrogens is 1. The standard InChI is InChI=1S/C24H28N4O/c1-3-20-8-4-5-9-21(20)17-28-24(25-2)27-16-19-11-13-23(14-12-19)29-18-22-10-6-7-15-26-22/h4-15H,3,16-18H2,1-2H3,(H2,25,27,28). The lowest BCUT2D eigenvalue weighted by atomic mass is 10.1. The number of aliphatic imine (C=N–C) groups is 1. The Morgan fingerprint density at radius 1 is 0.897 bits per heavy atom. The number of rotatable bonds is 8. The Bertz CT molecular complexity index is 908. The summed E-state index contributed by atoms with van der Waals surface area (Å²) in [5, 5.41) is 6.75. The first-order valence-electron chi connectivity index (χ1n) is 9.91. The van der Waals surface area contributed by atoms with E-state index in [4.69, 9.17) is 4.74 Å². The average molecular weight is 389 g/mol. The first-order chi connectivity index (χ1) is 14.3. The van der Waals surface area contributed by atoms with Crippen molar-refractivity contribution in [3.8, 4) is 5.75 Å². The zero-order valence-electron chi connectivity index (χ0n) is 17.1. The molecule has 3 aromatic rings. The molecule has 3 rings (SSSR count). The van der Waals surface area contributed by atoms with Crippen LogP contribution >= 0.6 is 0 Å². The van der Waals surface area contributed by atoms with Gasteiger partial charge in [0.05, 0.1) is 5.69 Å². The fourth-order valence-corrected chi connectivity index (χ4v) is 3.00. The van der Waals surface area contributed by atoms with Gasteiger partial charge in [-0.3, -0.25) is 9.98 Å². The summed E-state index contributed by atoms with van der Waals surface area (Å²) in [4.78, 5) is 8.58. The monoisotopic (exact) mass is 388 g/mol. The third-order valence-corrected chi connectivity index (χ3v) is 4.67. The molecule has 29 heavy (non-hydrogen) atoms. The predicted molar refractivity (Wildman–Crippen MR) is 118 cm³/mol. The molecule has 0 aliphatic carbocycles. The smallest absolute Gasteiger partial charge is 0.191 e. The van der Waals surface area contributed by atoms with Gasteiger partial charge in [-0.25, -0.2) is 0 Å². The van der Waals surface area contributed by atoms with Gasteiger partial charge in [0.1, 0.15) is 12.4 Å². The van der Waals surface area contributed by atoms with Crippen molar-refractivity contribution in [1.82, 2.24) is 15.6 Å². The molecule has 1 heterocycles. The highest BCUT2D eigenvalue weighted by Crippen LogP contribution is 2.14. The van der Waals surface area contributed by atoms with Crippen molar-refractivity contribution in [3.63, 3.8) is 0 Å². The highest BCUT2D eigenvalue weighted by atomic mass is 16.5. The normalized spacial score (nSPS) is 11.2. The van der Waals surface area contributed by atoms with Gasteiger partial charge in [0.2, 0.25) is 0 Å². The number of aryl methyl sites for hydroxylation is 1. The van der Waals surface area contributed by atoms with E-state index in [1.165, 1.54) is 11.1 Å². The van der Waals surface area contributed by atoms with Gasteiger partial charge < -0.3 is 15.4 Å². The van der Waals surface area contributed by atoms with E-state index in [0.29, 0.717) is 13.2 Å². The van der Waals surface area contributed by atoms with Crippen LogP contribution in [0.5, 0.6) is 5.75 Å². The van der Waals surface area contributed by atoms with Crippen LogP contribution in [0.15, 0.2) is 77.9 Å². The molecule has 5 heteroatoms.